The van der Waals surface area contributed by atoms with E-state index in [1.54, 1.807) is 6.20 Å². The Morgan fingerprint density at radius 1 is 1.17 bits per heavy atom. The Balaban J connectivity index is 2.09. The monoisotopic (exact) mass is 347 g/mol. The summed E-state index contributed by atoms with van der Waals surface area (Å²) in [4.78, 5) is 6.33. The van der Waals surface area contributed by atoms with E-state index in [1.165, 1.54) is 5.56 Å². The van der Waals surface area contributed by atoms with Gasteiger partial charge in [-0.25, -0.2) is 0 Å². The molecule has 0 bridgehead atoms. The SMILES string of the molecule is CC(C)CNC(=S)N(Cc1ccc(Cl)cc1)Cc1cccnc1. The number of pyridine rings is 1. The van der Waals surface area contributed by atoms with E-state index in [0.717, 1.165) is 35.3 Å². The highest BCUT2D eigenvalue weighted by Gasteiger charge is 2.12. The maximum absolute atomic E-state index is 5.97. The summed E-state index contributed by atoms with van der Waals surface area (Å²) in [6, 6.07) is 11.9. The van der Waals surface area contributed by atoms with E-state index >= 15 is 0 Å². The summed E-state index contributed by atoms with van der Waals surface area (Å²) in [5.41, 5.74) is 2.31. The molecular formula is C18H22ClN3S. The average Bonchev–Trinajstić information content (AvgIpc) is 2.55. The first kappa shape index (κ1) is 17.7. The van der Waals surface area contributed by atoms with Gasteiger partial charge in [-0.05, 0) is 47.5 Å². The van der Waals surface area contributed by atoms with Crippen molar-refractivity contribution in [2.75, 3.05) is 6.54 Å². The number of halogens is 1. The molecule has 0 spiro atoms. The summed E-state index contributed by atoms with van der Waals surface area (Å²) >= 11 is 11.6. The van der Waals surface area contributed by atoms with Crippen LogP contribution < -0.4 is 5.32 Å². The Hall–Kier alpha value is -1.65. The van der Waals surface area contributed by atoms with E-state index in [9.17, 15) is 0 Å². The van der Waals surface area contributed by atoms with Crippen LogP contribution in [-0.2, 0) is 13.1 Å². The van der Waals surface area contributed by atoms with Gasteiger partial charge in [-0.2, -0.15) is 0 Å². The minimum absolute atomic E-state index is 0.545. The van der Waals surface area contributed by atoms with Gasteiger partial charge in [0.1, 0.15) is 0 Å². The van der Waals surface area contributed by atoms with Crippen molar-refractivity contribution in [1.82, 2.24) is 15.2 Å². The summed E-state index contributed by atoms with van der Waals surface area (Å²) < 4.78 is 0. The molecular weight excluding hydrogens is 326 g/mol. The molecule has 2 rings (SSSR count). The van der Waals surface area contributed by atoms with E-state index in [2.05, 4.69) is 35.1 Å². The summed E-state index contributed by atoms with van der Waals surface area (Å²) in [7, 11) is 0. The third kappa shape index (κ3) is 6.16. The number of hydrogen-bond donors (Lipinski definition) is 1. The summed E-state index contributed by atoms with van der Waals surface area (Å²) in [6.45, 7) is 6.65. The fraction of sp³-hybridized carbons (Fsp3) is 0.333. The molecule has 0 amide bonds. The summed E-state index contributed by atoms with van der Waals surface area (Å²) in [6.07, 6.45) is 3.66. The molecule has 0 fully saturated rings. The van der Waals surface area contributed by atoms with Gasteiger partial charge in [0.15, 0.2) is 5.11 Å². The Morgan fingerprint density at radius 3 is 2.48 bits per heavy atom. The molecule has 0 radical (unpaired) electrons. The van der Waals surface area contributed by atoms with Gasteiger partial charge in [0.2, 0.25) is 0 Å². The van der Waals surface area contributed by atoms with Gasteiger partial charge >= 0.3 is 0 Å². The molecule has 0 aliphatic rings. The van der Waals surface area contributed by atoms with Crippen LogP contribution in [0.25, 0.3) is 0 Å². The lowest BCUT2D eigenvalue weighted by atomic mass is 10.2. The van der Waals surface area contributed by atoms with E-state index in [0.29, 0.717) is 5.92 Å². The van der Waals surface area contributed by atoms with Gasteiger partial charge in [-0.15, -0.1) is 0 Å². The molecule has 122 valence electrons. The molecule has 3 nitrogen and oxygen atoms in total. The van der Waals surface area contributed by atoms with Crippen molar-refractivity contribution in [2.24, 2.45) is 5.92 Å². The van der Waals surface area contributed by atoms with Crippen molar-refractivity contribution < 1.29 is 0 Å². The maximum atomic E-state index is 5.97. The number of rotatable bonds is 6. The highest BCUT2D eigenvalue weighted by molar-refractivity contribution is 7.80. The second kappa shape index (κ2) is 8.85. The Bertz CT molecular complexity index is 614. The quantitative estimate of drug-likeness (QED) is 0.790. The van der Waals surface area contributed by atoms with Gasteiger partial charge in [0, 0.05) is 37.1 Å². The van der Waals surface area contributed by atoms with Crippen LogP contribution in [0.5, 0.6) is 0 Å². The average molecular weight is 348 g/mol. The van der Waals surface area contributed by atoms with Crippen LogP contribution in [0.4, 0.5) is 0 Å². The zero-order valence-electron chi connectivity index (χ0n) is 13.5. The number of benzene rings is 1. The van der Waals surface area contributed by atoms with Crippen LogP contribution in [0.3, 0.4) is 0 Å². The van der Waals surface area contributed by atoms with Crippen molar-refractivity contribution in [2.45, 2.75) is 26.9 Å². The maximum Gasteiger partial charge on any atom is 0.169 e. The van der Waals surface area contributed by atoms with Crippen LogP contribution in [0.1, 0.15) is 25.0 Å². The summed E-state index contributed by atoms with van der Waals surface area (Å²) in [5.74, 6) is 0.545. The lowest BCUT2D eigenvalue weighted by molar-refractivity contribution is 0.395. The van der Waals surface area contributed by atoms with Gasteiger partial charge in [0.05, 0.1) is 0 Å². The third-order valence-electron chi connectivity index (χ3n) is 3.33. The lowest BCUT2D eigenvalue weighted by Crippen LogP contribution is -2.40. The minimum atomic E-state index is 0.545. The Morgan fingerprint density at radius 2 is 1.87 bits per heavy atom. The normalized spacial score (nSPS) is 10.6. The molecule has 0 atom stereocenters. The zero-order chi connectivity index (χ0) is 16.7. The first-order valence-electron chi connectivity index (χ1n) is 7.70. The fourth-order valence-electron chi connectivity index (χ4n) is 2.12. The van der Waals surface area contributed by atoms with Crippen molar-refractivity contribution in [3.63, 3.8) is 0 Å². The van der Waals surface area contributed by atoms with Crippen molar-refractivity contribution in [3.8, 4) is 0 Å². The van der Waals surface area contributed by atoms with Crippen molar-refractivity contribution >= 4 is 28.9 Å². The number of thiocarbonyl (C=S) groups is 1. The van der Waals surface area contributed by atoms with Crippen molar-refractivity contribution in [3.05, 3.63) is 64.9 Å². The molecule has 0 aliphatic heterocycles. The van der Waals surface area contributed by atoms with E-state index < -0.39 is 0 Å². The highest BCUT2D eigenvalue weighted by atomic mass is 35.5. The molecule has 0 unspecified atom stereocenters. The standard InChI is InChI=1S/C18H22ClN3S/c1-14(2)10-21-18(23)22(13-16-4-3-9-20-11-16)12-15-5-7-17(19)8-6-15/h3-9,11,14H,10,12-13H2,1-2H3,(H,21,23). The second-order valence-corrected chi connectivity index (χ2v) is 6.75. The number of aromatic nitrogens is 1. The van der Waals surface area contributed by atoms with Crippen LogP contribution in [0.2, 0.25) is 5.02 Å². The van der Waals surface area contributed by atoms with Crippen LogP contribution >= 0.6 is 23.8 Å². The minimum Gasteiger partial charge on any atom is -0.362 e. The largest absolute Gasteiger partial charge is 0.362 e. The summed E-state index contributed by atoms with van der Waals surface area (Å²) in [5, 5.41) is 4.85. The van der Waals surface area contributed by atoms with Crippen LogP contribution in [-0.4, -0.2) is 21.5 Å². The predicted octanol–water partition coefficient (Wildman–Crippen LogP) is 4.27. The first-order valence-corrected chi connectivity index (χ1v) is 8.49. The molecule has 1 heterocycles. The van der Waals surface area contributed by atoms with Crippen molar-refractivity contribution in [1.29, 1.82) is 0 Å². The Labute approximate surface area is 148 Å². The molecule has 2 aromatic rings. The van der Waals surface area contributed by atoms with Crippen LogP contribution in [0.15, 0.2) is 48.8 Å². The third-order valence-corrected chi connectivity index (χ3v) is 3.99. The lowest BCUT2D eigenvalue weighted by Gasteiger charge is -2.26. The first-order chi connectivity index (χ1) is 11.0. The Kier molecular flexibility index (Phi) is 6.81. The number of hydrogen-bond acceptors (Lipinski definition) is 2. The van der Waals surface area contributed by atoms with E-state index in [1.807, 2.05) is 36.5 Å². The molecule has 0 aliphatic carbocycles. The van der Waals surface area contributed by atoms with Gasteiger partial charge in [-0.1, -0.05) is 43.6 Å². The molecule has 0 saturated heterocycles. The van der Waals surface area contributed by atoms with E-state index in [-0.39, 0.29) is 0 Å². The highest BCUT2D eigenvalue weighted by Crippen LogP contribution is 2.13. The van der Waals surface area contributed by atoms with Gasteiger partial charge < -0.3 is 10.2 Å². The molecule has 1 aromatic carbocycles. The molecule has 1 aromatic heterocycles. The smallest absolute Gasteiger partial charge is 0.169 e. The molecule has 5 heteroatoms. The predicted molar refractivity (Wildman–Crippen MR) is 100 cm³/mol. The molecule has 23 heavy (non-hydrogen) atoms. The van der Waals surface area contributed by atoms with Gasteiger partial charge in [-0.3, -0.25) is 4.98 Å². The topological polar surface area (TPSA) is 28.2 Å². The fourth-order valence-corrected chi connectivity index (χ4v) is 2.46. The second-order valence-electron chi connectivity index (χ2n) is 5.92. The van der Waals surface area contributed by atoms with Crippen LogP contribution in [0, 0.1) is 5.92 Å². The molecule has 0 saturated carbocycles. The number of nitrogens with one attached hydrogen (secondary N) is 1. The zero-order valence-corrected chi connectivity index (χ0v) is 15.1. The molecule has 1 N–H and O–H groups in total. The van der Waals surface area contributed by atoms with E-state index in [4.69, 9.17) is 23.8 Å². The van der Waals surface area contributed by atoms with Gasteiger partial charge in [0.25, 0.3) is 0 Å². The number of nitrogens with zero attached hydrogens (tertiary/aromatic N) is 2.